The second kappa shape index (κ2) is 28.2. The van der Waals surface area contributed by atoms with Crippen LogP contribution in [0.25, 0.3) is 0 Å². The van der Waals surface area contributed by atoms with Crippen LogP contribution in [0.5, 0.6) is 0 Å². The maximum atomic E-state index is 10.3. The second-order valence-electron chi connectivity index (χ2n) is 8.38. The van der Waals surface area contributed by atoms with E-state index in [2.05, 4.69) is 13.8 Å². The van der Waals surface area contributed by atoms with Crippen LogP contribution in [0.3, 0.4) is 0 Å². The summed E-state index contributed by atoms with van der Waals surface area (Å²) >= 11 is 0. The fourth-order valence-corrected chi connectivity index (χ4v) is 3.23. The zero-order valence-electron chi connectivity index (χ0n) is 20.4. The smallest absolute Gasteiger partial charge is 0.548 e. The molecule has 0 aliphatic heterocycles. The molecule has 0 rings (SSSR count). The normalized spacial score (nSPS) is 12.3. The molecule has 0 heterocycles. The molecule has 0 aliphatic carbocycles. The quantitative estimate of drug-likeness (QED) is 0.208. The standard InChI is InChI=1S/2C12H25NO2.Ca/c2*1-2-3-4-5-6-7-8-9-10-11(13)12(14)15;/h2*11H,2-10,13H2,1H3,(H,14,15);/q;;+2/p-2. The Morgan fingerprint density at radius 3 is 1.00 bits per heavy atom. The molecule has 0 aromatic carbocycles. The van der Waals surface area contributed by atoms with Crippen LogP contribution in [0.1, 0.15) is 129 Å². The minimum Gasteiger partial charge on any atom is -0.548 e. The van der Waals surface area contributed by atoms with Crippen LogP contribution in [0.4, 0.5) is 0 Å². The first kappa shape index (κ1) is 35.7. The Morgan fingerprint density at radius 2 is 0.774 bits per heavy atom. The van der Waals surface area contributed by atoms with E-state index in [1.165, 1.54) is 77.0 Å². The molecule has 0 bridgehead atoms. The number of rotatable bonds is 20. The average Bonchev–Trinajstić information content (AvgIpc) is 2.71. The maximum absolute atomic E-state index is 10.3. The zero-order chi connectivity index (χ0) is 23.0. The third-order valence-corrected chi connectivity index (χ3v) is 5.34. The first-order valence-electron chi connectivity index (χ1n) is 12.3. The van der Waals surface area contributed by atoms with Gasteiger partial charge in [-0.15, -0.1) is 0 Å². The van der Waals surface area contributed by atoms with Crippen LogP contribution in [-0.2, 0) is 9.59 Å². The van der Waals surface area contributed by atoms with Crippen LogP contribution in [0, 0.1) is 0 Å². The van der Waals surface area contributed by atoms with Crippen molar-refractivity contribution in [3.05, 3.63) is 0 Å². The minimum absolute atomic E-state index is 0. The first-order chi connectivity index (χ1) is 14.4. The number of hydrogen-bond donors (Lipinski definition) is 2. The summed E-state index contributed by atoms with van der Waals surface area (Å²) in [6.07, 6.45) is 20.5. The van der Waals surface area contributed by atoms with Crippen molar-refractivity contribution in [2.45, 2.75) is 142 Å². The number of nitrogens with two attached hydrogens (primary N) is 2. The number of hydrogen-bond acceptors (Lipinski definition) is 6. The summed E-state index contributed by atoms with van der Waals surface area (Å²) in [6.45, 7) is 4.42. The first-order valence-corrected chi connectivity index (χ1v) is 12.3. The fraction of sp³-hybridized carbons (Fsp3) is 0.917. The Labute approximate surface area is 221 Å². The molecule has 0 fully saturated rings. The number of unbranched alkanes of at least 4 members (excludes halogenated alkanes) is 14. The van der Waals surface area contributed by atoms with Gasteiger partial charge in [-0.05, 0) is 12.8 Å². The summed E-state index contributed by atoms with van der Waals surface area (Å²) in [6, 6.07) is -1.55. The van der Waals surface area contributed by atoms with Crippen molar-refractivity contribution in [1.29, 1.82) is 0 Å². The predicted molar refractivity (Wildman–Crippen MR) is 126 cm³/mol. The van der Waals surface area contributed by atoms with Crippen molar-refractivity contribution in [3.8, 4) is 0 Å². The van der Waals surface area contributed by atoms with Gasteiger partial charge in [0.15, 0.2) is 0 Å². The van der Waals surface area contributed by atoms with E-state index in [1.807, 2.05) is 0 Å². The van der Waals surface area contributed by atoms with Gasteiger partial charge in [-0.1, -0.05) is 117 Å². The van der Waals surface area contributed by atoms with Crippen LogP contribution >= 0.6 is 0 Å². The molecular weight excluding hydrogens is 420 g/mol. The molecule has 0 amide bonds. The van der Waals surface area contributed by atoms with E-state index in [1.54, 1.807) is 0 Å². The van der Waals surface area contributed by atoms with Gasteiger partial charge >= 0.3 is 37.7 Å². The van der Waals surface area contributed by atoms with Gasteiger partial charge in [0.05, 0.1) is 11.9 Å². The van der Waals surface area contributed by atoms with E-state index < -0.39 is 24.0 Å². The molecule has 0 radical (unpaired) electrons. The molecule has 7 heteroatoms. The molecule has 0 aliphatic rings. The monoisotopic (exact) mass is 468 g/mol. The van der Waals surface area contributed by atoms with E-state index in [0.717, 1.165) is 25.7 Å². The summed E-state index contributed by atoms with van der Waals surface area (Å²) in [7, 11) is 0. The minimum atomic E-state index is -1.13. The Bertz CT molecular complexity index is 362. The maximum Gasteiger partial charge on any atom is 2.00 e. The Kier molecular flexibility index (Phi) is 32.4. The van der Waals surface area contributed by atoms with Gasteiger partial charge in [-0.2, -0.15) is 0 Å². The van der Waals surface area contributed by atoms with Crippen LogP contribution < -0.4 is 21.7 Å². The van der Waals surface area contributed by atoms with E-state index in [9.17, 15) is 19.8 Å². The van der Waals surface area contributed by atoms with Crippen molar-refractivity contribution in [1.82, 2.24) is 0 Å². The predicted octanol–water partition coefficient (Wildman–Crippen LogP) is 2.81. The van der Waals surface area contributed by atoms with Gasteiger partial charge in [0.1, 0.15) is 0 Å². The number of aliphatic carboxylic acids is 2. The van der Waals surface area contributed by atoms with Gasteiger partial charge in [-0.25, -0.2) is 0 Å². The molecule has 4 N–H and O–H groups in total. The topological polar surface area (TPSA) is 132 Å². The fourth-order valence-electron chi connectivity index (χ4n) is 3.23. The van der Waals surface area contributed by atoms with Crippen molar-refractivity contribution in [3.63, 3.8) is 0 Å². The van der Waals surface area contributed by atoms with Gasteiger partial charge < -0.3 is 31.3 Å². The molecule has 0 aromatic heterocycles. The largest absolute Gasteiger partial charge is 2.00 e. The summed E-state index contributed by atoms with van der Waals surface area (Å²) in [4.78, 5) is 20.6. The Hall–Kier alpha value is 0.120. The summed E-state index contributed by atoms with van der Waals surface area (Å²) < 4.78 is 0. The summed E-state index contributed by atoms with van der Waals surface area (Å²) in [5, 5.41) is 20.6. The van der Waals surface area contributed by atoms with E-state index in [-0.39, 0.29) is 37.7 Å². The van der Waals surface area contributed by atoms with Gasteiger partial charge in [0.2, 0.25) is 0 Å². The van der Waals surface area contributed by atoms with Gasteiger partial charge in [0.25, 0.3) is 0 Å². The van der Waals surface area contributed by atoms with Gasteiger partial charge in [0, 0.05) is 12.1 Å². The third-order valence-electron chi connectivity index (χ3n) is 5.34. The third kappa shape index (κ3) is 30.1. The molecule has 180 valence electrons. The summed E-state index contributed by atoms with van der Waals surface area (Å²) in [5.74, 6) is -2.25. The zero-order valence-corrected chi connectivity index (χ0v) is 22.6. The number of carbonyl (C=O) groups is 2. The van der Waals surface area contributed by atoms with Crippen molar-refractivity contribution in [2.24, 2.45) is 11.5 Å². The van der Waals surface area contributed by atoms with E-state index in [0.29, 0.717) is 12.8 Å². The van der Waals surface area contributed by atoms with E-state index in [4.69, 9.17) is 11.5 Å². The Balaban J connectivity index is -0.000000490. The van der Waals surface area contributed by atoms with Gasteiger partial charge in [-0.3, -0.25) is 0 Å². The summed E-state index contributed by atoms with van der Waals surface area (Å²) in [5.41, 5.74) is 10.7. The molecule has 0 spiro atoms. The Morgan fingerprint density at radius 1 is 0.548 bits per heavy atom. The van der Waals surface area contributed by atoms with Crippen LogP contribution in [0.2, 0.25) is 0 Å². The molecule has 0 saturated heterocycles. The SMILES string of the molecule is CCCCCCCCCCC(N)C(=O)[O-].CCCCCCCCCCC(N)C(=O)[O-].[Ca+2]. The van der Waals surface area contributed by atoms with Crippen LogP contribution in [0.15, 0.2) is 0 Å². The molecular formula is C24H48CaN2O4. The molecule has 0 aromatic rings. The number of carbonyl (C=O) groups excluding carboxylic acids is 2. The molecule has 0 saturated carbocycles. The molecule has 2 unspecified atom stereocenters. The number of carboxylic acid groups (broad SMARTS) is 2. The van der Waals surface area contributed by atoms with E-state index >= 15 is 0 Å². The number of carboxylic acids is 2. The van der Waals surface area contributed by atoms with Crippen molar-refractivity contribution in [2.75, 3.05) is 0 Å². The van der Waals surface area contributed by atoms with Crippen molar-refractivity contribution >= 4 is 49.7 Å². The molecule has 31 heavy (non-hydrogen) atoms. The molecule has 6 nitrogen and oxygen atoms in total. The second-order valence-corrected chi connectivity index (χ2v) is 8.38. The van der Waals surface area contributed by atoms with Crippen molar-refractivity contribution < 1.29 is 19.8 Å². The molecule has 2 atom stereocenters. The average molecular weight is 469 g/mol. The van der Waals surface area contributed by atoms with Crippen LogP contribution in [-0.4, -0.2) is 61.8 Å².